The Balaban J connectivity index is 1.91. The molecule has 0 bridgehead atoms. The monoisotopic (exact) mass is 316 g/mol. The van der Waals surface area contributed by atoms with Gasteiger partial charge in [-0.2, -0.15) is 0 Å². The Hall–Kier alpha value is -2.14. The first kappa shape index (κ1) is 17.2. The van der Waals surface area contributed by atoms with Gasteiger partial charge >= 0.3 is 0 Å². The van der Waals surface area contributed by atoms with Crippen molar-refractivity contribution in [1.82, 2.24) is 10.6 Å². The number of amides is 2. The van der Waals surface area contributed by atoms with Crippen molar-refractivity contribution >= 4 is 17.9 Å². The molecule has 0 aromatic heterocycles. The Kier molecular flexibility index (Phi) is 6.35. The molecule has 124 valence electrons. The molecule has 1 aromatic rings. The predicted molar refractivity (Wildman–Crippen MR) is 89.8 cm³/mol. The third-order valence-electron chi connectivity index (χ3n) is 4.30. The van der Waals surface area contributed by atoms with E-state index in [1.165, 1.54) is 6.08 Å². The van der Waals surface area contributed by atoms with Crippen LogP contribution in [0.25, 0.3) is 6.08 Å². The Morgan fingerprint density at radius 1 is 1.22 bits per heavy atom. The molecule has 2 atom stereocenters. The molecule has 0 spiro atoms. The second-order valence-electron chi connectivity index (χ2n) is 5.88. The number of nitrogens with one attached hydrogen (secondary N) is 2. The maximum Gasteiger partial charge on any atom is 0.251 e. The first-order chi connectivity index (χ1) is 11.1. The summed E-state index contributed by atoms with van der Waals surface area (Å²) in [6.45, 7) is 0.121. The largest absolute Gasteiger partial charge is 0.396 e. The maximum absolute atomic E-state index is 12.0. The second kappa shape index (κ2) is 8.48. The molecular weight excluding hydrogens is 292 g/mol. The summed E-state index contributed by atoms with van der Waals surface area (Å²) in [5.74, 6) is -0.121. The summed E-state index contributed by atoms with van der Waals surface area (Å²) in [4.78, 5) is 23.5. The first-order valence-electron chi connectivity index (χ1n) is 8.05. The average Bonchev–Trinajstić information content (AvgIpc) is 2.60. The molecule has 1 fully saturated rings. The summed E-state index contributed by atoms with van der Waals surface area (Å²) in [7, 11) is 1.59. The lowest BCUT2D eigenvalue weighted by atomic mass is 9.85. The second-order valence-corrected chi connectivity index (χ2v) is 5.88. The molecule has 1 aliphatic carbocycles. The minimum absolute atomic E-state index is 0.0570. The number of carbonyl (C=O) groups excluding carboxylic acids is 2. The van der Waals surface area contributed by atoms with Crippen LogP contribution in [-0.2, 0) is 4.79 Å². The predicted octanol–water partition coefficient (Wildman–Crippen LogP) is 1.73. The Morgan fingerprint density at radius 3 is 2.57 bits per heavy atom. The van der Waals surface area contributed by atoms with Crippen molar-refractivity contribution < 1.29 is 14.7 Å². The van der Waals surface area contributed by atoms with E-state index in [0.29, 0.717) is 5.56 Å². The lowest BCUT2D eigenvalue weighted by Crippen LogP contribution is -2.42. The van der Waals surface area contributed by atoms with Gasteiger partial charge in [-0.3, -0.25) is 9.59 Å². The number of hydrogen-bond donors (Lipinski definition) is 3. The topological polar surface area (TPSA) is 78.4 Å². The fourth-order valence-corrected chi connectivity index (χ4v) is 2.91. The van der Waals surface area contributed by atoms with Gasteiger partial charge in [0.25, 0.3) is 5.91 Å². The van der Waals surface area contributed by atoms with Gasteiger partial charge in [-0.1, -0.05) is 25.0 Å². The van der Waals surface area contributed by atoms with Crippen LogP contribution in [0.1, 0.15) is 41.6 Å². The van der Waals surface area contributed by atoms with Gasteiger partial charge < -0.3 is 15.7 Å². The molecule has 1 aromatic carbocycles. The molecule has 2 rings (SSSR count). The third-order valence-corrected chi connectivity index (χ3v) is 4.30. The van der Waals surface area contributed by atoms with Gasteiger partial charge in [-0.05, 0) is 36.6 Å². The van der Waals surface area contributed by atoms with Gasteiger partial charge in [0.2, 0.25) is 5.91 Å². The van der Waals surface area contributed by atoms with E-state index in [0.717, 1.165) is 31.2 Å². The van der Waals surface area contributed by atoms with Crippen molar-refractivity contribution in [3.63, 3.8) is 0 Å². The van der Waals surface area contributed by atoms with E-state index in [1.807, 2.05) is 0 Å². The van der Waals surface area contributed by atoms with Gasteiger partial charge in [0, 0.05) is 37.3 Å². The summed E-state index contributed by atoms with van der Waals surface area (Å²) in [6.07, 6.45) is 7.31. The SMILES string of the molecule is CNC(=O)c1ccc(/C=C/C(=O)NC2CCCCC2CO)cc1. The lowest BCUT2D eigenvalue weighted by molar-refractivity contribution is -0.117. The molecule has 0 radical (unpaired) electrons. The summed E-state index contributed by atoms with van der Waals surface area (Å²) >= 11 is 0. The fraction of sp³-hybridized carbons (Fsp3) is 0.444. The molecule has 3 N–H and O–H groups in total. The number of aliphatic hydroxyl groups excluding tert-OH is 1. The van der Waals surface area contributed by atoms with Gasteiger partial charge in [0.15, 0.2) is 0 Å². The Labute approximate surface area is 136 Å². The van der Waals surface area contributed by atoms with Crippen LogP contribution in [0.3, 0.4) is 0 Å². The minimum Gasteiger partial charge on any atom is -0.396 e. The van der Waals surface area contributed by atoms with Gasteiger partial charge in [-0.15, -0.1) is 0 Å². The number of hydrogen-bond acceptors (Lipinski definition) is 3. The standard InChI is InChI=1S/C18H24N2O3/c1-19-18(23)14-9-6-13(7-10-14)8-11-17(22)20-16-5-3-2-4-15(16)12-21/h6-11,15-16,21H,2-5,12H2,1H3,(H,19,23)(H,20,22)/b11-8+. The van der Waals surface area contributed by atoms with Crippen LogP contribution in [0.2, 0.25) is 0 Å². The average molecular weight is 316 g/mol. The van der Waals surface area contributed by atoms with E-state index in [-0.39, 0.29) is 30.4 Å². The fourth-order valence-electron chi connectivity index (χ4n) is 2.91. The van der Waals surface area contributed by atoms with E-state index < -0.39 is 0 Å². The summed E-state index contributed by atoms with van der Waals surface area (Å²) in [6, 6.07) is 7.09. The molecule has 1 saturated carbocycles. The molecule has 5 nitrogen and oxygen atoms in total. The smallest absolute Gasteiger partial charge is 0.251 e. The van der Waals surface area contributed by atoms with Gasteiger partial charge in [-0.25, -0.2) is 0 Å². The molecule has 2 amide bonds. The number of benzene rings is 1. The van der Waals surface area contributed by atoms with E-state index in [4.69, 9.17) is 0 Å². The quantitative estimate of drug-likeness (QED) is 0.724. The highest BCUT2D eigenvalue weighted by molar-refractivity contribution is 5.94. The van der Waals surface area contributed by atoms with E-state index in [1.54, 1.807) is 37.4 Å². The highest BCUT2D eigenvalue weighted by Gasteiger charge is 2.25. The molecule has 0 aliphatic heterocycles. The number of aliphatic hydroxyl groups is 1. The van der Waals surface area contributed by atoms with Crippen LogP contribution in [-0.4, -0.2) is 36.6 Å². The summed E-state index contributed by atoms with van der Waals surface area (Å²) in [5, 5.41) is 14.9. The van der Waals surface area contributed by atoms with E-state index >= 15 is 0 Å². The van der Waals surface area contributed by atoms with E-state index in [2.05, 4.69) is 10.6 Å². The minimum atomic E-state index is -0.147. The van der Waals surface area contributed by atoms with Crippen LogP contribution in [0, 0.1) is 5.92 Å². The van der Waals surface area contributed by atoms with Crippen molar-refractivity contribution in [2.24, 2.45) is 5.92 Å². The van der Waals surface area contributed by atoms with Crippen LogP contribution >= 0.6 is 0 Å². The van der Waals surface area contributed by atoms with E-state index in [9.17, 15) is 14.7 Å². The zero-order valence-electron chi connectivity index (χ0n) is 13.4. The maximum atomic E-state index is 12.0. The van der Waals surface area contributed by atoms with Gasteiger partial charge in [0.05, 0.1) is 0 Å². The van der Waals surface area contributed by atoms with Crippen LogP contribution in [0.5, 0.6) is 0 Å². The summed E-state index contributed by atoms with van der Waals surface area (Å²) in [5.41, 5.74) is 1.44. The zero-order valence-corrected chi connectivity index (χ0v) is 13.4. The Bertz CT molecular complexity index is 566. The molecular formula is C18H24N2O3. The van der Waals surface area contributed by atoms with Crippen molar-refractivity contribution in [3.8, 4) is 0 Å². The van der Waals surface area contributed by atoms with Gasteiger partial charge in [0.1, 0.15) is 0 Å². The highest BCUT2D eigenvalue weighted by atomic mass is 16.3. The molecule has 2 unspecified atom stereocenters. The Morgan fingerprint density at radius 2 is 1.91 bits per heavy atom. The number of rotatable bonds is 5. The molecule has 0 heterocycles. The normalized spacial score (nSPS) is 21.1. The molecule has 0 saturated heterocycles. The first-order valence-corrected chi connectivity index (χ1v) is 8.05. The highest BCUT2D eigenvalue weighted by Crippen LogP contribution is 2.23. The van der Waals surface area contributed by atoms with Crippen LogP contribution in [0.4, 0.5) is 0 Å². The van der Waals surface area contributed by atoms with Crippen molar-refractivity contribution in [2.75, 3.05) is 13.7 Å². The molecule has 5 heteroatoms. The molecule has 1 aliphatic rings. The van der Waals surface area contributed by atoms with Crippen molar-refractivity contribution in [1.29, 1.82) is 0 Å². The third kappa shape index (κ3) is 4.93. The van der Waals surface area contributed by atoms with Crippen molar-refractivity contribution in [2.45, 2.75) is 31.7 Å². The summed E-state index contributed by atoms with van der Waals surface area (Å²) < 4.78 is 0. The lowest BCUT2D eigenvalue weighted by Gasteiger charge is -2.30. The molecule has 23 heavy (non-hydrogen) atoms. The van der Waals surface area contributed by atoms with Crippen LogP contribution in [0.15, 0.2) is 30.3 Å². The number of carbonyl (C=O) groups is 2. The van der Waals surface area contributed by atoms with Crippen LogP contribution < -0.4 is 10.6 Å². The zero-order chi connectivity index (χ0) is 16.7. The van der Waals surface area contributed by atoms with Crippen molar-refractivity contribution in [3.05, 3.63) is 41.5 Å².